The Kier molecular flexibility index (Phi) is 4.55. The zero-order valence-electron chi connectivity index (χ0n) is 12.6. The van der Waals surface area contributed by atoms with Gasteiger partial charge in [0.15, 0.2) is 0 Å². The SMILES string of the molecule is CNCC(C)Cc1c(C)nn(-c2ccccc2F)c1C. The molecule has 0 aliphatic rings. The van der Waals surface area contributed by atoms with Crippen LogP contribution in [0.5, 0.6) is 0 Å². The molecule has 0 saturated carbocycles. The van der Waals surface area contributed by atoms with Crippen molar-refractivity contribution in [3.63, 3.8) is 0 Å². The van der Waals surface area contributed by atoms with Gasteiger partial charge in [-0.25, -0.2) is 9.07 Å². The minimum atomic E-state index is -0.243. The summed E-state index contributed by atoms with van der Waals surface area (Å²) in [4.78, 5) is 0. The molecule has 2 rings (SSSR count). The van der Waals surface area contributed by atoms with Gasteiger partial charge < -0.3 is 5.32 Å². The molecule has 0 aliphatic carbocycles. The van der Waals surface area contributed by atoms with Crippen molar-refractivity contribution < 1.29 is 4.39 Å². The van der Waals surface area contributed by atoms with Crippen molar-refractivity contribution in [3.05, 3.63) is 47.0 Å². The lowest BCUT2D eigenvalue weighted by molar-refractivity contribution is 0.539. The molecule has 0 radical (unpaired) electrons. The van der Waals surface area contributed by atoms with Crippen molar-refractivity contribution in [3.8, 4) is 5.69 Å². The third kappa shape index (κ3) is 2.90. The Bertz CT molecular complexity index is 589. The number of hydrogen-bond acceptors (Lipinski definition) is 2. The highest BCUT2D eigenvalue weighted by Crippen LogP contribution is 2.22. The molecule has 0 fully saturated rings. The van der Waals surface area contributed by atoms with E-state index in [0.29, 0.717) is 11.6 Å². The van der Waals surface area contributed by atoms with E-state index in [2.05, 4.69) is 17.3 Å². The minimum absolute atomic E-state index is 0.243. The second-order valence-electron chi connectivity index (χ2n) is 5.38. The van der Waals surface area contributed by atoms with Gasteiger partial charge in [0.25, 0.3) is 0 Å². The number of rotatable bonds is 5. The summed E-state index contributed by atoms with van der Waals surface area (Å²) in [6.07, 6.45) is 0.951. The molecule has 1 atom stereocenters. The second-order valence-corrected chi connectivity index (χ2v) is 5.38. The molecular weight excluding hydrogens is 253 g/mol. The lowest BCUT2D eigenvalue weighted by Gasteiger charge is -2.11. The van der Waals surface area contributed by atoms with Crippen molar-refractivity contribution in [1.82, 2.24) is 15.1 Å². The Morgan fingerprint density at radius 2 is 2.00 bits per heavy atom. The summed E-state index contributed by atoms with van der Waals surface area (Å²) >= 11 is 0. The molecule has 0 aliphatic heterocycles. The van der Waals surface area contributed by atoms with Crippen LogP contribution in [-0.4, -0.2) is 23.4 Å². The van der Waals surface area contributed by atoms with Crippen LogP contribution in [0.3, 0.4) is 0 Å². The summed E-state index contributed by atoms with van der Waals surface area (Å²) in [6, 6.07) is 6.75. The Labute approximate surface area is 119 Å². The van der Waals surface area contributed by atoms with Gasteiger partial charge in [0, 0.05) is 5.69 Å². The summed E-state index contributed by atoms with van der Waals surface area (Å²) in [5.74, 6) is 0.281. The van der Waals surface area contributed by atoms with Crippen LogP contribution in [0.25, 0.3) is 5.69 Å². The number of benzene rings is 1. The van der Waals surface area contributed by atoms with Crippen LogP contribution in [0.1, 0.15) is 23.9 Å². The zero-order valence-corrected chi connectivity index (χ0v) is 12.6. The molecule has 1 heterocycles. The van der Waals surface area contributed by atoms with E-state index in [1.54, 1.807) is 16.8 Å². The third-order valence-corrected chi connectivity index (χ3v) is 3.63. The van der Waals surface area contributed by atoms with Gasteiger partial charge in [-0.05, 0) is 57.5 Å². The van der Waals surface area contributed by atoms with Gasteiger partial charge in [-0.3, -0.25) is 0 Å². The van der Waals surface area contributed by atoms with Crippen molar-refractivity contribution in [2.45, 2.75) is 27.2 Å². The monoisotopic (exact) mass is 275 g/mol. The maximum atomic E-state index is 13.9. The van der Waals surface area contributed by atoms with Gasteiger partial charge in [-0.15, -0.1) is 0 Å². The number of aromatic nitrogens is 2. The number of nitrogens with one attached hydrogen (secondary N) is 1. The standard InChI is InChI=1S/C16H22FN3/c1-11(10-18-4)9-14-12(2)19-20(13(14)3)16-8-6-5-7-15(16)17/h5-8,11,18H,9-10H2,1-4H3. The molecule has 0 spiro atoms. The lowest BCUT2D eigenvalue weighted by Crippen LogP contribution is -2.18. The number of para-hydroxylation sites is 1. The molecule has 2 aromatic rings. The van der Waals surface area contributed by atoms with E-state index in [4.69, 9.17) is 0 Å². The lowest BCUT2D eigenvalue weighted by atomic mass is 9.99. The highest BCUT2D eigenvalue weighted by molar-refractivity contribution is 5.38. The van der Waals surface area contributed by atoms with Gasteiger partial charge in [0.1, 0.15) is 11.5 Å². The van der Waals surface area contributed by atoms with E-state index < -0.39 is 0 Å². The van der Waals surface area contributed by atoms with Crippen LogP contribution >= 0.6 is 0 Å². The summed E-state index contributed by atoms with van der Waals surface area (Å²) in [7, 11) is 1.96. The fourth-order valence-corrected chi connectivity index (χ4v) is 2.60. The van der Waals surface area contributed by atoms with Crippen molar-refractivity contribution in [2.75, 3.05) is 13.6 Å². The van der Waals surface area contributed by atoms with E-state index in [1.807, 2.05) is 27.0 Å². The average Bonchev–Trinajstić information content (AvgIpc) is 2.68. The van der Waals surface area contributed by atoms with Crippen LogP contribution in [0.2, 0.25) is 0 Å². The van der Waals surface area contributed by atoms with Gasteiger partial charge in [0.2, 0.25) is 0 Å². The molecule has 108 valence electrons. The largest absolute Gasteiger partial charge is 0.319 e. The quantitative estimate of drug-likeness (QED) is 0.909. The second kappa shape index (κ2) is 6.18. The third-order valence-electron chi connectivity index (χ3n) is 3.63. The fraction of sp³-hybridized carbons (Fsp3) is 0.438. The molecule has 1 aromatic carbocycles. The average molecular weight is 275 g/mol. The van der Waals surface area contributed by atoms with E-state index in [-0.39, 0.29) is 5.82 Å². The van der Waals surface area contributed by atoms with Gasteiger partial charge in [-0.1, -0.05) is 19.1 Å². The molecule has 1 aromatic heterocycles. The summed E-state index contributed by atoms with van der Waals surface area (Å²) < 4.78 is 15.6. The first-order chi connectivity index (χ1) is 9.54. The molecule has 1 N–H and O–H groups in total. The summed E-state index contributed by atoms with van der Waals surface area (Å²) in [6.45, 7) is 7.17. The predicted octanol–water partition coefficient (Wildman–Crippen LogP) is 3.03. The minimum Gasteiger partial charge on any atom is -0.319 e. The molecule has 4 heteroatoms. The predicted molar refractivity (Wildman–Crippen MR) is 79.8 cm³/mol. The first-order valence-electron chi connectivity index (χ1n) is 6.99. The fourth-order valence-electron chi connectivity index (χ4n) is 2.60. The van der Waals surface area contributed by atoms with Crippen LogP contribution in [-0.2, 0) is 6.42 Å². The molecule has 0 saturated heterocycles. The highest BCUT2D eigenvalue weighted by Gasteiger charge is 2.16. The summed E-state index contributed by atoms with van der Waals surface area (Å²) in [5.41, 5.74) is 3.74. The van der Waals surface area contributed by atoms with Crippen molar-refractivity contribution >= 4 is 0 Å². The summed E-state index contributed by atoms with van der Waals surface area (Å²) in [5, 5.41) is 7.70. The Morgan fingerprint density at radius 1 is 1.30 bits per heavy atom. The van der Waals surface area contributed by atoms with Crippen molar-refractivity contribution in [1.29, 1.82) is 0 Å². The topological polar surface area (TPSA) is 29.9 Å². The van der Waals surface area contributed by atoms with Gasteiger partial charge in [0.05, 0.1) is 5.69 Å². The Hall–Kier alpha value is -1.68. The number of nitrogens with zero attached hydrogens (tertiary/aromatic N) is 2. The number of hydrogen-bond donors (Lipinski definition) is 1. The number of aryl methyl sites for hydroxylation is 1. The van der Waals surface area contributed by atoms with Crippen LogP contribution in [0.4, 0.5) is 4.39 Å². The van der Waals surface area contributed by atoms with E-state index in [1.165, 1.54) is 11.6 Å². The van der Waals surface area contributed by atoms with Crippen LogP contribution in [0, 0.1) is 25.6 Å². The van der Waals surface area contributed by atoms with Gasteiger partial charge in [-0.2, -0.15) is 5.10 Å². The number of halogens is 1. The molecule has 3 nitrogen and oxygen atoms in total. The maximum Gasteiger partial charge on any atom is 0.148 e. The molecule has 20 heavy (non-hydrogen) atoms. The zero-order chi connectivity index (χ0) is 14.7. The normalized spacial score (nSPS) is 12.7. The molecule has 0 bridgehead atoms. The van der Waals surface area contributed by atoms with Crippen LogP contribution < -0.4 is 5.32 Å². The maximum absolute atomic E-state index is 13.9. The molecule has 1 unspecified atom stereocenters. The first-order valence-corrected chi connectivity index (χ1v) is 6.99. The Morgan fingerprint density at radius 3 is 2.65 bits per heavy atom. The Balaban J connectivity index is 2.36. The smallest absolute Gasteiger partial charge is 0.148 e. The van der Waals surface area contributed by atoms with E-state index in [9.17, 15) is 4.39 Å². The van der Waals surface area contributed by atoms with Crippen LogP contribution in [0.15, 0.2) is 24.3 Å². The van der Waals surface area contributed by atoms with Gasteiger partial charge >= 0.3 is 0 Å². The molecular formula is C16H22FN3. The van der Waals surface area contributed by atoms with E-state index >= 15 is 0 Å². The highest BCUT2D eigenvalue weighted by atomic mass is 19.1. The first kappa shape index (κ1) is 14.7. The van der Waals surface area contributed by atoms with Crippen molar-refractivity contribution in [2.24, 2.45) is 5.92 Å². The van der Waals surface area contributed by atoms with E-state index in [0.717, 1.165) is 24.4 Å². The molecule has 0 amide bonds.